The molecule has 2 atom stereocenters. The topological polar surface area (TPSA) is 84.2 Å². The minimum Gasteiger partial charge on any atom is -0.370 e. The highest BCUT2D eigenvalue weighted by Gasteiger charge is 2.30. The van der Waals surface area contributed by atoms with Crippen LogP contribution in [0.1, 0.15) is 44.9 Å². The Kier molecular flexibility index (Phi) is 7.30. The molecule has 4 N–H and O–H groups in total. The van der Waals surface area contributed by atoms with Gasteiger partial charge in [0.25, 0.3) is 0 Å². The molecule has 116 valence electrons. The molecular weight excluding hydrogens is 278 g/mol. The highest BCUT2D eigenvalue weighted by atomic mass is 35.5. The maximum absolute atomic E-state index is 12.2. The van der Waals surface area contributed by atoms with Gasteiger partial charge in [0.2, 0.25) is 11.8 Å². The van der Waals surface area contributed by atoms with E-state index in [0.717, 1.165) is 32.4 Å². The minimum atomic E-state index is -0.319. The van der Waals surface area contributed by atoms with Crippen LogP contribution < -0.4 is 16.4 Å². The monoisotopic (exact) mass is 303 g/mol. The van der Waals surface area contributed by atoms with E-state index in [4.69, 9.17) is 5.73 Å². The Morgan fingerprint density at radius 1 is 1.20 bits per heavy atom. The lowest BCUT2D eigenvalue weighted by atomic mass is 9.82. The van der Waals surface area contributed by atoms with Crippen molar-refractivity contribution in [1.82, 2.24) is 10.6 Å². The summed E-state index contributed by atoms with van der Waals surface area (Å²) in [6, 6.07) is -0.0640. The Hall–Kier alpha value is -0.810. The van der Waals surface area contributed by atoms with Crippen LogP contribution in [-0.2, 0) is 9.59 Å². The fraction of sp³-hybridized carbons (Fsp3) is 0.857. The first-order valence-corrected chi connectivity index (χ1v) is 7.46. The Morgan fingerprint density at radius 2 is 1.90 bits per heavy atom. The second-order valence-electron chi connectivity index (χ2n) is 5.87. The van der Waals surface area contributed by atoms with Crippen molar-refractivity contribution < 1.29 is 9.59 Å². The van der Waals surface area contributed by atoms with Crippen LogP contribution in [-0.4, -0.2) is 30.9 Å². The van der Waals surface area contributed by atoms with Gasteiger partial charge in [-0.2, -0.15) is 0 Å². The smallest absolute Gasteiger partial charge is 0.224 e. The summed E-state index contributed by atoms with van der Waals surface area (Å²) in [5.74, 6) is 0.237. The molecule has 1 saturated heterocycles. The van der Waals surface area contributed by atoms with E-state index in [1.54, 1.807) is 0 Å². The van der Waals surface area contributed by atoms with E-state index in [2.05, 4.69) is 10.6 Å². The average molecular weight is 304 g/mol. The van der Waals surface area contributed by atoms with Crippen molar-refractivity contribution in [3.05, 3.63) is 0 Å². The third kappa shape index (κ3) is 4.94. The number of amides is 2. The summed E-state index contributed by atoms with van der Waals surface area (Å²) in [7, 11) is 0. The fourth-order valence-electron chi connectivity index (χ4n) is 3.27. The molecule has 2 amide bonds. The summed E-state index contributed by atoms with van der Waals surface area (Å²) in [6.07, 6.45) is 7.01. The van der Waals surface area contributed by atoms with E-state index in [-0.39, 0.29) is 42.6 Å². The summed E-state index contributed by atoms with van der Waals surface area (Å²) in [4.78, 5) is 23.4. The number of primary amides is 1. The van der Waals surface area contributed by atoms with Gasteiger partial charge in [-0.1, -0.05) is 19.3 Å². The number of carbonyl (C=O) groups is 2. The van der Waals surface area contributed by atoms with Crippen LogP contribution in [0.5, 0.6) is 0 Å². The van der Waals surface area contributed by atoms with Crippen LogP contribution in [0.3, 0.4) is 0 Å². The van der Waals surface area contributed by atoms with Crippen molar-refractivity contribution in [3.8, 4) is 0 Å². The first kappa shape index (κ1) is 17.2. The number of nitrogens with two attached hydrogens (primary N) is 1. The van der Waals surface area contributed by atoms with Gasteiger partial charge in [-0.3, -0.25) is 9.59 Å². The number of hydrogen-bond donors (Lipinski definition) is 3. The van der Waals surface area contributed by atoms with Gasteiger partial charge in [0.05, 0.1) is 5.92 Å². The van der Waals surface area contributed by atoms with Crippen molar-refractivity contribution in [1.29, 1.82) is 0 Å². The average Bonchev–Trinajstić information content (AvgIpc) is 2.92. The molecule has 2 unspecified atom stereocenters. The molecule has 0 aromatic rings. The normalized spacial score (nSPS) is 24.7. The third-order valence-electron chi connectivity index (χ3n) is 4.40. The van der Waals surface area contributed by atoms with E-state index < -0.39 is 0 Å². The summed E-state index contributed by atoms with van der Waals surface area (Å²) in [5.41, 5.74) is 5.33. The maximum atomic E-state index is 12.2. The molecule has 5 nitrogen and oxygen atoms in total. The molecule has 0 aromatic heterocycles. The first-order chi connectivity index (χ1) is 9.16. The molecule has 1 saturated carbocycles. The zero-order chi connectivity index (χ0) is 13.7. The van der Waals surface area contributed by atoms with Crippen LogP contribution >= 0.6 is 12.4 Å². The molecule has 1 aliphatic heterocycles. The van der Waals surface area contributed by atoms with Gasteiger partial charge in [-0.05, 0) is 31.7 Å². The van der Waals surface area contributed by atoms with Crippen molar-refractivity contribution in [2.45, 2.75) is 51.0 Å². The van der Waals surface area contributed by atoms with Crippen molar-refractivity contribution in [3.63, 3.8) is 0 Å². The number of rotatable bonds is 5. The highest BCUT2D eigenvalue weighted by Crippen LogP contribution is 2.28. The Morgan fingerprint density at radius 3 is 2.45 bits per heavy atom. The standard InChI is InChI=1S/C14H25N3O2.ClH/c15-13(18)8-12(10-4-2-1-3-5-10)17-14(19)11-6-7-16-9-11;/h10-12,16H,1-9H2,(H2,15,18)(H,17,19);1H. The zero-order valence-electron chi connectivity index (χ0n) is 11.9. The van der Waals surface area contributed by atoms with Crippen LogP contribution in [0, 0.1) is 11.8 Å². The predicted octanol–water partition coefficient (Wildman–Crippen LogP) is 0.958. The SMILES string of the molecule is Cl.NC(=O)CC(NC(=O)C1CCNC1)C1CCCCC1. The second kappa shape index (κ2) is 8.47. The lowest BCUT2D eigenvalue weighted by molar-refractivity contribution is -0.126. The number of nitrogens with one attached hydrogen (secondary N) is 2. The maximum Gasteiger partial charge on any atom is 0.224 e. The lowest BCUT2D eigenvalue weighted by Gasteiger charge is -2.31. The zero-order valence-corrected chi connectivity index (χ0v) is 12.7. The van der Waals surface area contributed by atoms with Gasteiger partial charge >= 0.3 is 0 Å². The van der Waals surface area contributed by atoms with Gasteiger partial charge in [-0.15, -0.1) is 12.4 Å². The molecule has 0 spiro atoms. The van der Waals surface area contributed by atoms with Crippen molar-refractivity contribution in [2.24, 2.45) is 17.6 Å². The van der Waals surface area contributed by atoms with Gasteiger partial charge < -0.3 is 16.4 Å². The Labute approximate surface area is 126 Å². The predicted molar refractivity (Wildman–Crippen MR) is 80.5 cm³/mol. The third-order valence-corrected chi connectivity index (χ3v) is 4.40. The number of halogens is 1. The van der Waals surface area contributed by atoms with Crippen LogP contribution in [0.25, 0.3) is 0 Å². The van der Waals surface area contributed by atoms with Crippen molar-refractivity contribution in [2.75, 3.05) is 13.1 Å². The van der Waals surface area contributed by atoms with E-state index in [9.17, 15) is 9.59 Å². The lowest BCUT2D eigenvalue weighted by Crippen LogP contribution is -2.46. The fourth-order valence-corrected chi connectivity index (χ4v) is 3.27. The van der Waals surface area contributed by atoms with Crippen LogP contribution in [0.2, 0.25) is 0 Å². The second-order valence-corrected chi connectivity index (χ2v) is 5.87. The Balaban J connectivity index is 0.00000200. The van der Waals surface area contributed by atoms with Gasteiger partial charge in [0.1, 0.15) is 0 Å². The number of hydrogen-bond acceptors (Lipinski definition) is 3. The largest absolute Gasteiger partial charge is 0.370 e. The minimum absolute atomic E-state index is 0. The molecule has 0 aromatic carbocycles. The van der Waals surface area contributed by atoms with E-state index in [1.807, 2.05) is 0 Å². The Bertz CT molecular complexity index is 326. The van der Waals surface area contributed by atoms with E-state index in [0.29, 0.717) is 5.92 Å². The quantitative estimate of drug-likeness (QED) is 0.707. The van der Waals surface area contributed by atoms with Gasteiger partial charge in [-0.25, -0.2) is 0 Å². The molecule has 2 fully saturated rings. The van der Waals surface area contributed by atoms with E-state index >= 15 is 0 Å². The van der Waals surface area contributed by atoms with Crippen LogP contribution in [0.4, 0.5) is 0 Å². The number of carbonyl (C=O) groups excluding carboxylic acids is 2. The molecular formula is C14H26ClN3O2. The molecule has 1 heterocycles. The van der Waals surface area contributed by atoms with E-state index in [1.165, 1.54) is 19.3 Å². The first-order valence-electron chi connectivity index (χ1n) is 7.46. The summed E-state index contributed by atoms with van der Waals surface area (Å²) in [6.45, 7) is 1.65. The molecule has 20 heavy (non-hydrogen) atoms. The van der Waals surface area contributed by atoms with Crippen LogP contribution in [0.15, 0.2) is 0 Å². The summed E-state index contributed by atoms with van der Waals surface area (Å²) >= 11 is 0. The summed E-state index contributed by atoms with van der Waals surface area (Å²) in [5, 5.41) is 6.27. The van der Waals surface area contributed by atoms with Crippen molar-refractivity contribution >= 4 is 24.2 Å². The molecule has 0 bridgehead atoms. The summed E-state index contributed by atoms with van der Waals surface area (Å²) < 4.78 is 0. The molecule has 2 rings (SSSR count). The molecule has 1 aliphatic carbocycles. The molecule has 6 heteroatoms. The van der Waals surface area contributed by atoms with Gasteiger partial charge in [0.15, 0.2) is 0 Å². The molecule has 0 radical (unpaired) electrons. The molecule has 2 aliphatic rings. The van der Waals surface area contributed by atoms with Gasteiger partial charge in [0, 0.05) is 19.0 Å². The highest BCUT2D eigenvalue weighted by molar-refractivity contribution is 5.85.